The molecule has 0 saturated carbocycles. The Kier molecular flexibility index (Phi) is 7.09. The number of rotatable bonds is 7. The maximum atomic E-state index is 6.20. The van der Waals surface area contributed by atoms with Gasteiger partial charge in [-0.3, -0.25) is 0 Å². The van der Waals surface area contributed by atoms with Crippen LogP contribution < -0.4 is 16.3 Å². The lowest BCUT2D eigenvalue weighted by Gasteiger charge is -2.26. The molecule has 3 rings (SSSR count). The van der Waals surface area contributed by atoms with Crippen LogP contribution in [0.2, 0.25) is 10.0 Å². The van der Waals surface area contributed by atoms with E-state index in [1.165, 1.54) is 0 Å². The Balaban J connectivity index is 1.84. The standard InChI is InChI=1S/C22H25Cl2N5OS/c1-22(2,14-6-8-17(24)18(10-14)30-4)19-11-27-21(29(19)3)31-12-13-5-7-16(23)15(9-13)20(25)28-26/h5-11H,12,26H2,1-4H3,(H2,25,28). The van der Waals surface area contributed by atoms with Crippen LogP contribution in [0.25, 0.3) is 0 Å². The summed E-state index contributed by atoms with van der Waals surface area (Å²) >= 11 is 14.0. The zero-order chi connectivity index (χ0) is 22.8. The molecular weight excluding hydrogens is 453 g/mol. The van der Waals surface area contributed by atoms with Gasteiger partial charge in [-0.15, -0.1) is 0 Å². The van der Waals surface area contributed by atoms with E-state index >= 15 is 0 Å². The molecule has 1 aromatic heterocycles. The van der Waals surface area contributed by atoms with Gasteiger partial charge in [-0.05, 0) is 35.4 Å². The molecule has 6 nitrogen and oxygen atoms in total. The Labute approximate surface area is 196 Å². The predicted molar refractivity (Wildman–Crippen MR) is 129 cm³/mol. The molecule has 31 heavy (non-hydrogen) atoms. The number of hydrazone groups is 1. The molecule has 0 bridgehead atoms. The molecule has 1 heterocycles. The van der Waals surface area contributed by atoms with Gasteiger partial charge < -0.3 is 20.9 Å². The number of imidazole rings is 1. The smallest absolute Gasteiger partial charge is 0.168 e. The van der Waals surface area contributed by atoms with Gasteiger partial charge in [0.25, 0.3) is 0 Å². The third kappa shape index (κ3) is 4.79. The molecule has 0 aliphatic carbocycles. The van der Waals surface area contributed by atoms with Crippen molar-refractivity contribution in [1.82, 2.24) is 9.55 Å². The Morgan fingerprint density at radius 3 is 2.58 bits per heavy atom. The molecule has 9 heteroatoms. The minimum absolute atomic E-state index is 0.205. The second-order valence-corrected chi connectivity index (χ2v) is 9.33. The van der Waals surface area contributed by atoms with Gasteiger partial charge in [-0.25, -0.2) is 4.98 Å². The first kappa shape index (κ1) is 23.3. The average Bonchev–Trinajstić information content (AvgIpc) is 3.13. The molecule has 2 aromatic carbocycles. The normalized spacial score (nSPS) is 12.3. The van der Waals surface area contributed by atoms with E-state index in [1.807, 2.05) is 43.6 Å². The minimum atomic E-state index is -0.294. The van der Waals surface area contributed by atoms with E-state index in [2.05, 4.69) is 28.5 Å². The monoisotopic (exact) mass is 477 g/mol. The van der Waals surface area contributed by atoms with Crippen molar-refractivity contribution in [3.8, 4) is 5.75 Å². The van der Waals surface area contributed by atoms with E-state index < -0.39 is 0 Å². The van der Waals surface area contributed by atoms with E-state index in [0.29, 0.717) is 27.1 Å². The summed E-state index contributed by atoms with van der Waals surface area (Å²) in [5, 5.41) is 5.55. The number of nitrogens with two attached hydrogens (primary N) is 2. The number of aromatic nitrogens is 2. The molecule has 0 amide bonds. The SMILES string of the molecule is COc1cc(C(C)(C)c2cnc(SCc3ccc(Cl)c(/C(N)=N/N)c3)n2C)ccc1Cl. The van der Waals surface area contributed by atoms with Crippen LogP contribution in [0.1, 0.15) is 36.2 Å². The summed E-state index contributed by atoms with van der Waals surface area (Å²) in [5.41, 5.74) is 9.38. The summed E-state index contributed by atoms with van der Waals surface area (Å²) in [6.45, 7) is 4.31. The van der Waals surface area contributed by atoms with Crippen LogP contribution in [0, 0.1) is 0 Å². The third-order valence-corrected chi connectivity index (χ3v) is 7.03. The summed E-state index contributed by atoms with van der Waals surface area (Å²) < 4.78 is 7.50. The maximum absolute atomic E-state index is 6.20. The van der Waals surface area contributed by atoms with Gasteiger partial charge in [-0.2, -0.15) is 5.10 Å². The van der Waals surface area contributed by atoms with E-state index in [-0.39, 0.29) is 11.3 Å². The first-order valence-corrected chi connectivity index (χ1v) is 11.2. The number of hydrogen-bond acceptors (Lipinski definition) is 5. The molecule has 0 aliphatic heterocycles. The van der Waals surface area contributed by atoms with Crippen molar-refractivity contribution < 1.29 is 4.74 Å². The second-order valence-electron chi connectivity index (χ2n) is 7.58. The van der Waals surface area contributed by atoms with Crippen LogP contribution in [0.15, 0.2) is 52.9 Å². The van der Waals surface area contributed by atoms with E-state index in [1.54, 1.807) is 24.9 Å². The summed E-state index contributed by atoms with van der Waals surface area (Å²) in [6, 6.07) is 11.5. The second kappa shape index (κ2) is 9.42. The van der Waals surface area contributed by atoms with E-state index in [0.717, 1.165) is 22.0 Å². The maximum Gasteiger partial charge on any atom is 0.168 e. The van der Waals surface area contributed by atoms with Crippen LogP contribution in [0.5, 0.6) is 5.75 Å². The van der Waals surface area contributed by atoms with Crippen molar-refractivity contribution >= 4 is 40.8 Å². The number of hydrogen-bond donors (Lipinski definition) is 2. The fourth-order valence-electron chi connectivity index (χ4n) is 3.38. The highest BCUT2D eigenvalue weighted by atomic mass is 35.5. The molecule has 164 valence electrons. The zero-order valence-electron chi connectivity index (χ0n) is 17.8. The molecule has 0 unspecified atom stereocenters. The molecule has 3 aromatic rings. The molecule has 0 fully saturated rings. The van der Waals surface area contributed by atoms with Gasteiger partial charge >= 0.3 is 0 Å². The Morgan fingerprint density at radius 2 is 1.90 bits per heavy atom. The quantitative estimate of drug-likeness (QED) is 0.165. The highest BCUT2D eigenvalue weighted by molar-refractivity contribution is 7.98. The van der Waals surface area contributed by atoms with Crippen LogP contribution in [-0.2, 0) is 18.2 Å². The van der Waals surface area contributed by atoms with Crippen LogP contribution in [0.4, 0.5) is 0 Å². The predicted octanol–water partition coefficient (Wildman–Crippen LogP) is 4.93. The Bertz CT molecular complexity index is 1130. The number of benzene rings is 2. The first-order chi connectivity index (χ1) is 14.7. The summed E-state index contributed by atoms with van der Waals surface area (Å²) in [4.78, 5) is 4.65. The van der Waals surface area contributed by atoms with Crippen LogP contribution >= 0.6 is 35.0 Å². The van der Waals surface area contributed by atoms with Crippen molar-refractivity contribution in [2.45, 2.75) is 30.2 Å². The van der Waals surface area contributed by atoms with Crippen molar-refractivity contribution in [1.29, 1.82) is 0 Å². The lowest BCUT2D eigenvalue weighted by atomic mass is 9.81. The first-order valence-electron chi connectivity index (χ1n) is 9.50. The molecule has 0 aliphatic rings. The van der Waals surface area contributed by atoms with Gasteiger partial charge in [0.15, 0.2) is 11.0 Å². The Morgan fingerprint density at radius 1 is 1.19 bits per heavy atom. The summed E-state index contributed by atoms with van der Waals surface area (Å²) in [5.74, 6) is 6.85. The number of methoxy groups -OCH3 is 1. The van der Waals surface area contributed by atoms with Crippen LogP contribution in [-0.4, -0.2) is 22.5 Å². The highest BCUT2D eigenvalue weighted by Gasteiger charge is 2.28. The van der Waals surface area contributed by atoms with Crippen molar-refractivity contribution in [2.24, 2.45) is 23.7 Å². The van der Waals surface area contributed by atoms with E-state index in [4.69, 9.17) is 39.5 Å². The summed E-state index contributed by atoms with van der Waals surface area (Å²) in [6.07, 6.45) is 1.91. The number of halogens is 2. The number of ether oxygens (including phenoxy) is 1. The van der Waals surface area contributed by atoms with Gasteiger partial charge in [0.05, 0.1) is 23.4 Å². The fourth-order valence-corrected chi connectivity index (χ4v) is 4.68. The molecule has 0 atom stereocenters. The lowest BCUT2D eigenvalue weighted by molar-refractivity contribution is 0.413. The summed E-state index contributed by atoms with van der Waals surface area (Å²) in [7, 11) is 3.64. The molecule has 0 saturated heterocycles. The number of nitrogens with zero attached hydrogens (tertiary/aromatic N) is 3. The number of thioether (sulfide) groups is 1. The fraction of sp³-hybridized carbons (Fsp3) is 0.273. The van der Waals surface area contributed by atoms with Crippen molar-refractivity contribution in [3.63, 3.8) is 0 Å². The van der Waals surface area contributed by atoms with Crippen LogP contribution in [0.3, 0.4) is 0 Å². The molecule has 4 N–H and O–H groups in total. The zero-order valence-corrected chi connectivity index (χ0v) is 20.1. The topological polar surface area (TPSA) is 91.4 Å². The molecular formula is C22H25Cl2N5OS. The van der Waals surface area contributed by atoms with Gasteiger partial charge in [0.2, 0.25) is 0 Å². The van der Waals surface area contributed by atoms with Gasteiger partial charge in [-0.1, -0.05) is 60.9 Å². The molecule has 0 radical (unpaired) electrons. The van der Waals surface area contributed by atoms with Gasteiger partial charge in [0, 0.05) is 29.5 Å². The third-order valence-electron chi connectivity index (χ3n) is 5.27. The lowest BCUT2D eigenvalue weighted by Crippen LogP contribution is -2.22. The van der Waals surface area contributed by atoms with Crippen molar-refractivity contribution in [3.05, 3.63) is 75.0 Å². The van der Waals surface area contributed by atoms with E-state index in [9.17, 15) is 0 Å². The largest absolute Gasteiger partial charge is 0.495 e. The van der Waals surface area contributed by atoms with Gasteiger partial charge in [0.1, 0.15) is 5.75 Å². The molecule has 0 spiro atoms. The van der Waals surface area contributed by atoms with Crippen molar-refractivity contribution in [2.75, 3.05) is 7.11 Å². The highest BCUT2D eigenvalue weighted by Crippen LogP contribution is 2.37. The Hall–Kier alpha value is -2.35. The minimum Gasteiger partial charge on any atom is -0.495 e. The average molecular weight is 478 g/mol. The number of amidine groups is 1.